The van der Waals surface area contributed by atoms with Gasteiger partial charge in [0, 0.05) is 5.56 Å². The maximum Gasteiger partial charge on any atom is 0.120 e. The van der Waals surface area contributed by atoms with Crippen molar-refractivity contribution in [1.82, 2.24) is 0 Å². The Morgan fingerprint density at radius 1 is 0.769 bits per heavy atom. The Labute approximate surface area is 162 Å². The molecule has 0 N–H and O–H groups in total. The first-order valence-electron chi connectivity index (χ1n) is 10.8. The molecule has 0 aromatic heterocycles. The van der Waals surface area contributed by atoms with Gasteiger partial charge in [-0.2, -0.15) is 0 Å². The van der Waals surface area contributed by atoms with Gasteiger partial charge in [0.25, 0.3) is 0 Å². The van der Waals surface area contributed by atoms with Crippen LogP contribution in [0.5, 0.6) is 5.75 Å². The molecule has 1 aromatic carbocycles. The Morgan fingerprint density at radius 3 is 2.00 bits per heavy atom. The zero-order chi connectivity index (χ0) is 18.9. The lowest BCUT2D eigenvalue weighted by Crippen LogP contribution is -1.99. The lowest BCUT2D eigenvalue weighted by molar-refractivity contribution is 0.266. The van der Waals surface area contributed by atoms with Crippen LogP contribution in [0.4, 0.5) is 0 Å². The Kier molecular flexibility index (Phi) is 13.7. The van der Waals surface area contributed by atoms with Crippen molar-refractivity contribution in [2.45, 2.75) is 90.9 Å². The van der Waals surface area contributed by atoms with Gasteiger partial charge < -0.3 is 9.47 Å². The van der Waals surface area contributed by atoms with E-state index in [1.807, 2.05) is 24.3 Å². The van der Waals surface area contributed by atoms with E-state index in [9.17, 15) is 0 Å². The first-order valence-corrected chi connectivity index (χ1v) is 10.8. The zero-order valence-electron chi connectivity index (χ0n) is 17.2. The van der Waals surface area contributed by atoms with Crippen molar-refractivity contribution in [3.05, 3.63) is 36.4 Å². The van der Waals surface area contributed by atoms with E-state index in [1.165, 1.54) is 64.2 Å². The summed E-state index contributed by atoms with van der Waals surface area (Å²) in [5.41, 5.74) is 1.02. The van der Waals surface area contributed by atoms with E-state index >= 15 is 0 Å². The largest absolute Gasteiger partial charge is 0.494 e. The molecular formula is C24H40O2. The molecule has 1 rings (SSSR count). The Hall–Kier alpha value is -1.44. The molecule has 0 amide bonds. The molecular weight excluding hydrogens is 320 g/mol. The van der Waals surface area contributed by atoms with Crippen molar-refractivity contribution in [3.8, 4) is 5.75 Å². The summed E-state index contributed by atoms with van der Waals surface area (Å²) in [5.74, 6) is 1.67. The monoisotopic (exact) mass is 360 g/mol. The first kappa shape index (κ1) is 22.6. The number of hydrogen-bond donors (Lipinski definition) is 0. The van der Waals surface area contributed by atoms with Gasteiger partial charge in [-0.1, -0.05) is 96.8 Å². The van der Waals surface area contributed by atoms with Crippen LogP contribution >= 0.6 is 0 Å². The number of unbranched alkanes of at least 4 members (excludes halogenated alkanes) is 10. The number of hydrogen-bond acceptors (Lipinski definition) is 2. The van der Waals surface area contributed by atoms with Gasteiger partial charge in [0.1, 0.15) is 11.5 Å². The highest BCUT2D eigenvalue weighted by molar-refractivity contribution is 5.59. The minimum atomic E-state index is 0.753. The van der Waals surface area contributed by atoms with Gasteiger partial charge in [-0.25, -0.2) is 0 Å². The predicted molar refractivity (Wildman–Crippen MR) is 114 cm³/mol. The fourth-order valence-corrected chi connectivity index (χ4v) is 2.99. The van der Waals surface area contributed by atoms with E-state index in [1.54, 1.807) is 0 Å². The third-order valence-electron chi connectivity index (χ3n) is 4.70. The van der Waals surface area contributed by atoms with Crippen molar-refractivity contribution in [1.29, 1.82) is 0 Å². The van der Waals surface area contributed by atoms with Gasteiger partial charge in [-0.05, 0) is 25.0 Å². The number of benzene rings is 1. The molecule has 0 radical (unpaired) electrons. The standard InChI is InChI=1S/C24H40O2/c1-4-6-8-10-12-14-19-25-22(3)23-17-16-18-24(21-23)26-20-15-13-11-9-7-5-2/h16-18,21H,3-15,19-20H2,1-2H3. The Morgan fingerprint density at radius 2 is 1.35 bits per heavy atom. The highest BCUT2D eigenvalue weighted by Gasteiger charge is 2.03. The molecule has 2 nitrogen and oxygen atoms in total. The molecule has 0 saturated heterocycles. The summed E-state index contributed by atoms with van der Waals surface area (Å²) < 4.78 is 11.7. The van der Waals surface area contributed by atoms with Gasteiger partial charge >= 0.3 is 0 Å². The second-order valence-electron chi connectivity index (χ2n) is 7.18. The third kappa shape index (κ3) is 11.2. The van der Waals surface area contributed by atoms with E-state index in [0.717, 1.165) is 43.1 Å². The lowest BCUT2D eigenvalue weighted by atomic mass is 10.1. The summed E-state index contributed by atoms with van der Waals surface area (Å²) in [5, 5.41) is 0. The molecule has 148 valence electrons. The molecule has 0 saturated carbocycles. The average molecular weight is 361 g/mol. The van der Waals surface area contributed by atoms with Crippen LogP contribution in [0, 0.1) is 0 Å². The predicted octanol–water partition coefficient (Wildman–Crippen LogP) is 7.77. The molecule has 0 spiro atoms. The van der Waals surface area contributed by atoms with Crippen LogP contribution in [0.25, 0.3) is 5.76 Å². The van der Waals surface area contributed by atoms with Gasteiger partial charge in [-0.3, -0.25) is 0 Å². The maximum atomic E-state index is 5.89. The van der Waals surface area contributed by atoms with Gasteiger partial charge in [0.15, 0.2) is 0 Å². The zero-order valence-corrected chi connectivity index (χ0v) is 17.2. The first-order chi connectivity index (χ1) is 12.8. The quantitative estimate of drug-likeness (QED) is 0.209. The molecule has 2 heteroatoms. The van der Waals surface area contributed by atoms with Crippen molar-refractivity contribution in [3.63, 3.8) is 0 Å². The lowest BCUT2D eigenvalue weighted by Gasteiger charge is -2.11. The second kappa shape index (κ2) is 15.8. The average Bonchev–Trinajstić information content (AvgIpc) is 2.66. The fraction of sp³-hybridized carbons (Fsp3) is 0.667. The van der Waals surface area contributed by atoms with Crippen LogP contribution in [0.1, 0.15) is 96.5 Å². The Bertz CT molecular complexity index is 467. The molecule has 0 aliphatic carbocycles. The maximum absolute atomic E-state index is 5.89. The highest BCUT2D eigenvalue weighted by Crippen LogP contribution is 2.21. The van der Waals surface area contributed by atoms with Crippen molar-refractivity contribution >= 4 is 5.76 Å². The van der Waals surface area contributed by atoms with E-state index in [2.05, 4.69) is 20.4 Å². The topological polar surface area (TPSA) is 18.5 Å². The highest BCUT2D eigenvalue weighted by atomic mass is 16.5. The molecule has 0 unspecified atom stereocenters. The number of rotatable bonds is 17. The molecule has 0 heterocycles. The molecule has 0 aliphatic rings. The van der Waals surface area contributed by atoms with Gasteiger partial charge in [0.2, 0.25) is 0 Å². The van der Waals surface area contributed by atoms with Crippen LogP contribution < -0.4 is 4.74 Å². The SMILES string of the molecule is C=C(OCCCCCCCC)c1cccc(OCCCCCCCC)c1. The van der Waals surface area contributed by atoms with Crippen LogP contribution in [-0.4, -0.2) is 13.2 Å². The molecule has 0 fully saturated rings. The second-order valence-corrected chi connectivity index (χ2v) is 7.18. The van der Waals surface area contributed by atoms with E-state index in [-0.39, 0.29) is 0 Å². The molecule has 26 heavy (non-hydrogen) atoms. The molecule has 0 bridgehead atoms. The van der Waals surface area contributed by atoms with Gasteiger partial charge in [0.05, 0.1) is 13.2 Å². The molecule has 0 atom stereocenters. The minimum absolute atomic E-state index is 0.753. The summed E-state index contributed by atoms with van der Waals surface area (Å²) in [6.07, 6.45) is 15.4. The summed E-state index contributed by atoms with van der Waals surface area (Å²) in [6, 6.07) is 8.12. The van der Waals surface area contributed by atoms with Crippen LogP contribution in [-0.2, 0) is 4.74 Å². The van der Waals surface area contributed by atoms with E-state index < -0.39 is 0 Å². The number of ether oxygens (including phenoxy) is 2. The molecule has 0 aliphatic heterocycles. The van der Waals surface area contributed by atoms with Crippen LogP contribution in [0.3, 0.4) is 0 Å². The summed E-state index contributed by atoms with van der Waals surface area (Å²) in [7, 11) is 0. The summed E-state index contributed by atoms with van der Waals surface area (Å²) in [4.78, 5) is 0. The summed E-state index contributed by atoms with van der Waals surface area (Å²) in [6.45, 7) is 10.1. The van der Waals surface area contributed by atoms with Gasteiger partial charge in [-0.15, -0.1) is 0 Å². The smallest absolute Gasteiger partial charge is 0.120 e. The third-order valence-corrected chi connectivity index (χ3v) is 4.70. The molecule has 1 aromatic rings. The minimum Gasteiger partial charge on any atom is -0.494 e. The van der Waals surface area contributed by atoms with Crippen molar-refractivity contribution in [2.24, 2.45) is 0 Å². The van der Waals surface area contributed by atoms with Crippen molar-refractivity contribution < 1.29 is 9.47 Å². The summed E-state index contributed by atoms with van der Waals surface area (Å²) >= 11 is 0. The van der Waals surface area contributed by atoms with E-state index in [0.29, 0.717) is 0 Å². The normalized spacial score (nSPS) is 10.7. The Balaban J connectivity index is 2.18. The van der Waals surface area contributed by atoms with E-state index in [4.69, 9.17) is 9.47 Å². The van der Waals surface area contributed by atoms with Crippen molar-refractivity contribution in [2.75, 3.05) is 13.2 Å². The van der Waals surface area contributed by atoms with Crippen LogP contribution in [0.15, 0.2) is 30.8 Å². The van der Waals surface area contributed by atoms with Crippen LogP contribution in [0.2, 0.25) is 0 Å². The fourth-order valence-electron chi connectivity index (χ4n) is 2.99.